The lowest BCUT2D eigenvalue weighted by Crippen LogP contribution is -2.23. The summed E-state index contributed by atoms with van der Waals surface area (Å²) in [4.78, 5) is 6.97. The first-order valence-electron chi connectivity index (χ1n) is 4.66. The predicted octanol–water partition coefficient (Wildman–Crippen LogP) is 2.24. The molecule has 14 heavy (non-hydrogen) atoms. The van der Waals surface area contributed by atoms with Crippen LogP contribution >= 0.6 is 11.6 Å². The molecule has 0 heterocycles. The van der Waals surface area contributed by atoms with Crippen LogP contribution in [-0.2, 0) is 4.84 Å². The molecule has 3 nitrogen and oxygen atoms in total. The van der Waals surface area contributed by atoms with E-state index in [2.05, 4.69) is 12.1 Å². The zero-order chi connectivity index (χ0) is 11.6. The highest BCUT2D eigenvalue weighted by atomic mass is 35.5. The van der Waals surface area contributed by atoms with Gasteiger partial charge < -0.3 is 4.90 Å². The summed E-state index contributed by atoms with van der Waals surface area (Å²) < 4.78 is 0. The molecule has 0 amide bonds. The molecule has 0 aliphatic rings. The maximum absolute atomic E-state index is 5.68. The normalized spacial score (nSPS) is 11.9. The number of alkyl halides is 1. The van der Waals surface area contributed by atoms with Gasteiger partial charge in [-0.25, -0.2) is 0 Å². The van der Waals surface area contributed by atoms with E-state index in [-0.39, 0.29) is 5.50 Å². The van der Waals surface area contributed by atoms with Gasteiger partial charge in [-0.3, -0.25) is 4.84 Å². The minimum absolute atomic E-state index is 0.0978. The van der Waals surface area contributed by atoms with Gasteiger partial charge >= 0.3 is 0 Å². The van der Waals surface area contributed by atoms with Gasteiger partial charge in [0.25, 0.3) is 0 Å². The SMILES string of the molecule is C=C(C)CONC(Cl)CC.CN(C)C. The van der Waals surface area contributed by atoms with Crippen LogP contribution in [0.2, 0.25) is 0 Å². The molecule has 0 saturated carbocycles. The van der Waals surface area contributed by atoms with E-state index >= 15 is 0 Å². The molecule has 0 aromatic carbocycles. The Balaban J connectivity index is 0. The monoisotopic (exact) mass is 222 g/mol. The van der Waals surface area contributed by atoms with Crippen LogP contribution in [0, 0.1) is 0 Å². The molecule has 1 N–H and O–H groups in total. The zero-order valence-electron chi connectivity index (χ0n) is 9.93. The molecule has 86 valence electrons. The summed E-state index contributed by atoms with van der Waals surface area (Å²) in [6, 6.07) is 0. The van der Waals surface area contributed by atoms with Gasteiger partial charge in [0, 0.05) is 0 Å². The molecule has 0 rings (SSSR count). The largest absolute Gasteiger partial charge is 0.312 e. The predicted molar refractivity (Wildman–Crippen MR) is 63.4 cm³/mol. The van der Waals surface area contributed by atoms with Crippen molar-refractivity contribution in [3.05, 3.63) is 12.2 Å². The highest BCUT2D eigenvalue weighted by molar-refractivity contribution is 6.20. The van der Waals surface area contributed by atoms with Gasteiger partial charge in [0.05, 0.1) is 6.61 Å². The van der Waals surface area contributed by atoms with Crippen molar-refractivity contribution in [2.75, 3.05) is 27.7 Å². The zero-order valence-corrected chi connectivity index (χ0v) is 10.7. The quantitative estimate of drug-likeness (QED) is 0.334. The number of hydrogen-bond acceptors (Lipinski definition) is 3. The van der Waals surface area contributed by atoms with Crippen molar-refractivity contribution in [1.29, 1.82) is 0 Å². The van der Waals surface area contributed by atoms with Gasteiger partial charge in [0.15, 0.2) is 0 Å². The average molecular weight is 223 g/mol. The Hall–Kier alpha value is -0.0900. The first kappa shape index (κ1) is 16.3. The Morgan fingerprint density at radius 1 is 1.50 bits per heavy atom. The second-order valence-corrected chi connectivity index (χ2v) is 4.11. The molecule has 0 aromatic rings. The van der Waals surface area contributed by atoms with Crippen LogP contribution in [0.25, 0.3) is 0 Å². The van der Waals surface area contributed by atoms with Gasteiger partial charge in [0.1, 0.15) is 5.50 Å². The summed E-state index contributed by atoms with van der Waals surface area (Å²) in [5.41, 5.74) is 3.55. The van der Waals surface area contributed by atoms with Crippen LogP contribution in [0.1, 0.15) is 20.3 Å². The van der Waals surface area contributed by atoms with E-state index in [1.807, 2.05) is 39.9 Å². The van der Waals surface area contributed by atoms with Gasteiger partial charge in [-0.05, 0) is 34.5 Å². The van der Waals surface area contributed by atoms with E-state index in [4.69, 9.17) is 16.4 Å². The third kappa shape index (κ3) is 22.7. The Kier molecular flexibility index (Phi) is 12.8. The van der Waals surface area contributed by atoms with E-state index in [1.165, 1.54) is 0 Å². The lowest BCUT2D eigenvalue weighted by atomic mass is 10.4. The van der Waals surface area contributed by atoms with E-state index in [1.54, 1.807) is 0 Å². The second-order valence-electron chi connectivity index (χ2n) is 3.58. The second kappa shape index (κ2) is 11.0. The van der Waals surface area contributed by atoms with Crippen molar-refractivity contribution in [1.82, 2.24) is 10.4 Å². The first-order valence-corrected chi connectivity index (χ1v) is 5.10. The number of hydrogen-bond donors (Lipinski definition) is 1. The third-order valence-corrected chi connectivity index (χ3v) is 1.29. The molecule has 0 spiro atoms. The fourth-order valence-corrected chi connectivity index (χ4v) is 0.402. The number of rotatable bonds is 5. The van der Waals surface area contributed by atoms with Crippen LogP contribution in [0.4, 0.5) is 0 Å². The van der Waals surface area contributed by atoms with Crippen LogP contribution in [0.15, 0.2) is 12.2 Å². The maximum Gasteiger partial charge on any atom is 0.106 e. The highest BCUT2D eigenvalue weighted by Gasteiger charge is 1.97. The fourth-order valence-electron chi connectivity index (χ4n) is 0.339. The molecule has 0 aromatic heterocycles. The first-order chi connectivity index (χ1) is 6.40. The summed E-state index contributed by atoms with van der Waals surface area (Å²) in [6.45, 7) is 8.07. The standard InChI is InChI=1S/C7H14ClNO.C3H9N/c1-4-7(8)9-10-5-6(2)3;1-4(2)3/h7,9H,2,4-5H2,1,3H3;1-3H3. The number of nitrogens with zero attached hydrogens (tertiary/aromatic N) is 1. The van der Waals surface area contributed by atoms with Crippen molar-refractivity contribution in [2.45, 2.75) is 25.8 Å². The lowest BCUT2D eigenvalue weighted by molar-refractivity contribution is 0.0488. The number of halogens is 1. The summed E-state index contributed by atoms with van der Waals surface area (Å²) in [5.74, 6) is 0. The highest BCUT2D eigenvalue weighted by Crippen LogP contribution is 1.96. The van der Waals surface area contributed by atoms with Crippen LogP contribution in [0.5, 0.6) is 0 Å². The van der Waals surface area contributed by atoms with Crippen molar-refractivity contribution < 1.29 is 4.84 Å². The summed E-state index contributed by atoms with van der Waals surface area (Å²) in [6.07, 6.45) is 0.845. The number of hydroxylamine groups is 1. The molecule has 0 radical (unpaired) electrons. The van der Waals surface area contributed by atoms with Crippen LogP contribution in [0.3, 0.4) is 0 Å². The van der Waals surface area contributed by atoms with Crippen LogP contribution < -0.4 is 5.48 Å². The van der Waals surface area contributed by atoms with E-state index in [9.17, 15) is 0 Å². The van der Waals surface area contributed by atoms with Crippen molar-refractivity contribution in [3.63, 3.8) is 0 Å². The molecular formula is C10H23ClN2O. The van der Waals surface area contributed by atoms with Gasteiger partial charge in [-0.2, -0.15) is 5.48 Å². The molecule has 0 bridgehead atoms. The minimum Gasteiger partial charge on any atom is -0.312 e. The summed E-state index contributed by atoms with van der Waals surface area (Å²) in [5, 5.41) is 0. The Morgan fingerprint density at radius 3 is 2.21 bits per heavy atom. The molecule has 1 atom stereocenters. The summed E-state index contributed by atoms with van der Waals surface area (Å²) >= 11 is 5.68. The molecular weight excluding hydrogens is 200 g/mol. The van der Waals surface area contributed by atoms with Gasteiger partial charge in [-0.15, -0.1) is 11.6 Å². The molecule has 1 unspecified atom stereocenters. The Labute approximate surface area is 93.0 Å². The Morgan fingerprint density at radius 2 is 1.93 bits per heavy atom. The van der Waals surface area contributed by atoms with Gasteiger partial charge in [0.2, 0.25) is 0 Å². The smallest absolute Gasteiger partial charge is 0.106 e. The topological polar surface area (TPSA) is 24.5 Å². The fraction of sp³-hybridized carbons (Fsp3) is 0.800. The van der Waals surface area contributed by atoms with Crippen molar-refractivity contribution in [2.24, 2.45) is 0 Å². The lowest BCUT2D eigenvalue weighted by Gasteiger charge is -2.08. The average Bonchev–Trinajstić information content (AvgIpc) is 2.02. The summed E-state index contributed by atoms with van der Waals surface area (Å²) in [7, 11) is 6.00. The maximum atomic E-state index is 5.68. The molecule has 0 saturated heterocycles. The minimum atomic E-state index is -0.0978. The van der Waals surface area contributed by atoms with E-state index in [0.717, 1.165) is 12.0 Å². The Bertz CT molecular complexity index is 137. The molecule has 0 aliphatic heterocycles. The molecule has 0 fully saturated rings. The molecule has 0 aliphatic carbocycles. The van der Waals surface area contributed by atoms with Crippen LogP contribution in [-0.4, -0.2) is 38.2 Å². The number of nitrogens with one attached hydrogen (secondary N) is 1. The van der Waals surface area contributed by atoms with E-state index in [0.29, 0.717) is 6.61 Å². The van der Waals surface area contributed by atoms with Crippen molar-refractivity contribution in [3.8, 4) is 0 Å². The van der Waals surface area contributed by atoms with Gasteiger partial charge in [-0.1, -0.05) is 19.1 Å². The van der Waals surface area contributed by atoms with E-state index < -0.39 is 0 Å². The molecule has 4 heteroatoms. The third-order valence-electron chi connectivity index (χ3n) is 0.888. The van der Waals surface area contributed by atoms with Crippen molar-refractivity contribution >= 4 is 11.6 Å².